The standard InChI is InChI=1S/C14H17N9O2S/c1-8-4-5-9(26-8)6-16-18-14(24)11-10(7-22(2)3)23(21-17-11)13-12(15)19-25-20-13/h4-6H,7H2,1-3H3,(H2,15,19)(H,18,24)/b16-6-. The third kappa shape index (κ3) is 3.75. The van der Waals surface area contributed by atoms with E-state index < -0.39 is 5.91 Å². The number of hydrogen-bond donors (Lipinski definition) is 2. The topological polar surface area (TPSA) is 140 Å². The summed E-state index contributed by atoms with van der Waals surface area (Å²) in [5.74, 6) is -0.272. The molecular formula is C14H17N9O2S. The van der Waals surface area contributed by atoms with Gasteiger partial charge in [0, 0.05) is 16.3 Å². The summed E-state index contributed by atoms with van der Waals surface area (Å²) in [5, 5.41) is 19.1. The van der Waals surface area contributed by atoms with E-state index in [4.69, 9.17) is 5.73 Å². The Kier molecular flexibility index (Phi) is 5.04. The highest BCUT2D eigenvalue weighted by Gasteiger charge is 2.24. The lowest BCUT2D eigenvalue weighted by molar-refractivity contribution is 0.0948. The summed E-state index contributed by atoms with van der Waals surface area (Å²) in [4.78, 5) is 16.4. The molecule has 3 heterocycles. The second-order valence-electron chi connectivity index (χ2n) is 5.65. The summed E-state index contributed by atoms with van der Waals surface area (Å²) in [6.07, 6.45) is 1.57. The molecule has 0 saturated carbocycles. The van der Waals surface area contributed by atoms with E-state index in [9.17, 15) is 4.79 Å². The second kappa shape index (κ2) is 7.41. The smallest absolute Gasteiger partial charge is 0.293 e. The van der Waals surface area contributed by atoms with Crippen molar-refractivity contribution in [2.24, 2.45) is 5.10 Å². The molecule has 0 bridgehead atoms. The molecule has 1 amide bonds. The van der Waals surface area contributed by atoms with E-state index in [1.165, 1.54) is 4.68 Å². The Labute approximate surface area is 152 Å². The molecular weight excluding hydrogens is 358 g/mol. The molecule has 0 aliphatic rings. The van der Waals surface area contributed by atoms with Gasteiger partial charge in [-0.2, -0.15) is 9.78 Å². The largest absolute Gasteiger partial charge is 0.378 e. The van der Waals surface area contributed by atoms with Crippen molar-refractivity contribution in [1.29, 1.82) is 0 Å². The number of thiophene rings is 1. The zero-order chi connectivity index (χ0) is 18.7. The molecule has 3 aromatic heterocycles. The van der Waals surface area contributed by atoms with Crippen molar-refractivity contribution < 1.29 is 9.42 Å². The third-order valence-corrected chi connectivity index (χ3v) is 4.19. The van der Waals surface area contributed by atoms with Crippen LogP contribution < -0.4 is 11.2 Å². The molecule has 0 aliphatic heterocycles. The van der Waals surface area contributed by atoms with Crippen LogP contribution in [0, 0.1) is 6.92 Å². The molecule has 0 aliphatic carbocycles. The number of aryl methyl sites for hydroxylation is 1. The van der Waals surface area contributed by atoms with Gasteiger partial charge in [0.1, 0.15) is 0 Å². The quantitative estimate of drug-likeness (QED) is 0.467. The highest BCUT2D eigenvalue weighted by atomic mass is 32.1. The van der Waals surface area contributed by atoms with Gasteiger partial charge in [-0.3, -0.25) is 4.79 Å². The lowest BCUT2D eigenvalue weighted by Crippen LogP contribution is -2.23. The van der Waals surface area contributed by atoms with E-state index >= 15 is 0 Å². The molecule has 0 aromatic carbocycles. The van der Waals surface area contributed by atoms with E-state index in [0.717, 1.165) is 9.75 Å². The van der Waals surface area contributed by atoms with Crippen LogP contribution in [0.3, 0.4) is 0 Å². The molecule has 3 N–H and O–H groups in total. The normalized spacial score (nSPS) is 11.5. The van der Waals surface area contributed by atoms with Crippen LogP contribution in [0.5, 0.6) is 0 Å². The number of rotatable bonds is 6. The van der Waals surface area contributed by atoms with Gasteiger partial charge in [-0.05, 0) is 43.5 Å². The zero-order valence-electron chi connectivity index (χ0n) is 14.4. The summed E-state index contributed by atoms with van der Waals surface area (Å²) in [5.41, 5.74) is 8.76. The first-order valence-corrected chi connectivity index (χ1v) is 8.35. The first kappa shape index (κ1) is 17.7. The number of aromatic nitrogens is 5. The fraction of sp³-hybridized carbons (Fsp3) is 0.286. The van der Waals surface area contributed by atoms with Crippen LogP contribution in [0.4, 0.5) is 5.82 Å². The highest BCUT2D eigenvalue weighted by Crippen LogP contribution is 2.17. The van der Waals surface area contributed by atoms with Gasteiger partial charge < -0.3 is 10.6 Å². The summed E-state index contributed by atoms with van der Waals surface area (Å²) in [7, 11) is 3.70. The number of anilines is 1. The Morgan fingerprint density at radius 1 is 1.46 bits per heavy atom. The van der Waals surface area contributed by atoms with E-state index in [2.05, 4.69) is 35.8 Å². The average Bonchev–Trinajstić information content (AvgIpc) is 3.27. The van der Waals surface area contributed by atoms with Gasteiger partial charge in [-0.25, -0.2) is 10.1 Å². The van der Waals surface area contributed by atoms with Crippen molar-refractivity contribution >= 4 is 29.3 Å². The molecule has 0 atom stereocenters. The van der Waals surface area contributed by atoms with Crippen LogP contribution in [-0.2, 0) is 6.54 Å². The Morgan fingerprint density at radius 2 is 2.27 bits per heavy atom. The molecule has 0 spiro atoms. The summed E-state index contributed by atoms with van der Waals surface area (Å²) in [6.45, 7) is 2.37. The molecule has 12 heteroatoms. The monoisotopic (exact) mass is 375 g/mol. The molecule has 136 valence electrons. The lowest BCUT2D eigenvalue weighted by atomic mass is 10.3. The van der Waals surface area contributed by atoms with Crippen LogP contribution in [0.25, 0.3) is 5.82 Å². The van der Waals surface area contributed by atoms with Gasteiger partial charge in [0.25, 0.3) is 5.91 Å². The zero-order valence-corrected chi connectivity index (χ0v) is 15.2. The highest BCUT2D eigenvalue weighted by molar-refractivity contribution is 7.13. The van der Waals surface area contributed by atoms with Gasteiger partial charge >= 0.3 is 0 Å². The van der Waals surface area contributed by atoms with Gasteiger partial charge in [-0.15, -0.1) is 16.4 Å². The van der Waals surface area contributed by atoms with Crippen molar-refractivity contribution in [3.63, 3.8) is 0 Å². The van der Waals surface area contributed by atoms with Gasteiger partial charge in [0.15, 0.2) is 5.69 Å². The molecule has 0 radical (unpaired) electrons. The molecule has 3 aromatic rings. The van der Waals surface area contributed by atoms with Crippen molar-refractivity contribution in [3.05, 3.63) is 33.3 Å². The summed E-state index contributed by atoms with van der Waals surface area (Å²) in [6, 6.07) is 3.90. The number of nitrogens with two attached hydrogens (primary N) is 1. The van der Waals surface area contributed by atoms with Crippen molar-refractivity contribution in [3.8, 4) is 5.82 Å². The fourth-order valence-electron chi connectivity index (χ4n) is 2.16. The molecule has 0 fully saturated rings. The Balaban J connectivity index is 1.84. The van der Waals surface area contributed by atoms with Gasteiger partial charge in [0.2, 0.25) is 11.6 Å². The van der Waals surface area contributed by atoms with Gasteiger partial charge in [0.05, 0.1) is 11.9 Å². The maximum Gasteiger partial charge on any atom is 0.293 e. The maximum atomic E-state index is 12.5. The number of hydrogen-bond acceptors (Lipinski definition) is 10. The maximum absolute atomic E-state index is 12.5. The number of carbonyl (C=O) groups excluding carboxylic acids is 1. The van der Waals surface area contributed by atoms with Crippen LogP contribution >= 0.6 is 11.3 Å². The number of nitrogens with one attached hydrogen (secondary N) is 1. The first-order chi connectivity index (χ1) is 12.5. The minimum absolute atomic E-state index is 0.0490. The fourth-order valence-corrected chi connectivity index (χ4v) is 2.91. The molecule has 0 saturated heterocycles. The molecule has 3 rings (SSSR count). The molecule has 11 nitrogen and oxygen atoms in total. The number of nitrogens with zero attached hydrogens (tertiary/aromatic N) is 7. The van der Waals surface area contributed by atoms with E-state index in [1.54, 1.807) is 17.6 Å². The lowest BCUT2D eigenvalue weighted by Gasteiger charge is -2.10. The number of hydrazone groups is 1. The van der Waals surface area contributed by atoms with Gasteiger partial charge in [-0.1, -0.05) is 5.21 Å². The number of amides is 1. The number of nitrogen functional groups attached to an aromatic ring is 1. The van der Waals surface area contributed by atoms with Crippen molar-refractivity contribution in [2.75, 3.05) is 19.8 Å². The average molecular weight is 375 g/mol. The summed E-state index contributed by atoms with van der Waals surface area (Å²) < 4.78 is 5.92. The SMILES string of the molecule is Cc1ccc(/C=N\NC(=O)c2nnn(-c3nonc3N)c2CN(C)C)s1. The Morgan fingerprint density at radius 3 is 2.88 bits per heavy atom. The minimum atomic E-state index is -0.493. The number of carbonyl (C=O) groups is 1. The Bertz CT molecular complexity index is 940. The minimum Gasteiger partial charge on any atom is -0.378 e. The van der Waals surface area contributed by atoms with Crippen LogP contribution in [0.15, 0.2) is 21.9 Å². The third-order valence-electron chi connectivity index (χ3n) is 3.26. The van der Waals surface area contributed by atoms with Crippen LogP contribution in [0.1, 0.15) is 25.9 Å². The predicted molar refractivity (Wildman–Crippen MR) is 95.1 cm³/mol. The Hall–Kier alpha value is -3.12. The van der Waals surface area contributed by atoms with E-state index in [1.807, 2.05) is 38.1 Å². The predicted octanol–water partition coefficient (Wildman–Crippen LogP) is 0.428. The van der Waals surface area contributed by atoms with Crippen molar-refractivity contribution in [1.82, 2.24) is 35.6 Å². The van der Waals surface area contributed by atoms with E-state index in [0.29, 0.717) is 12.2 Å². The first-order valence-electron chi connectivity index (χ1n) is 7.53. The van der Waals surface area contributed by atoms with Crippen LogP contribution in [0.2, 0.25) is 0 Å². The van der Waals surface area contributed by atoms with Crippen molar-refractivity contribution in [2.45, 2.75) is 13.5 Å². The molecule has 26 heavy (non-hydrogen) atoms. The van der Waals surface area contributed by atoms with Crippen LogP contribution in [-0.4, -0.2) is 56.4 Å². The summed E-state index contributed by atoms with van der Waals surface area (Å²) >= 11 is 1.57. The second-order valence-corrected chi connectivity index (χ2v) is 6.97. The van der Waals surface area contributed by atoms with E-state index in [-0.39, 0.29) is 17.3 Å². The molecule has 0 unspecified atom stereocenters.